The summed E-state index contributed by atoms with van der Waals surface area (Å²) in [6.07, 6.45) is -0.0141. The molecule has 1 N–H and O–H groups in total. The zero-order valence-corrected chi connectivity index (χ0v) is 25.1. The lowest BCUT2D eigenvalue weighted by Crippen LogP contribution is -2.34. The summed E-state index contributed by atoms with van der Waals surface area (Å²) in [4.78, 5) is 24.9. The average molecular weight is 786 g/mol. The minimum Gasteiger partial charge on any atom is -0.489 e. The Morgan fingerprint density at radius 2 is 1.53 bits per heavy atom. The van der Waals surface area contributed by atoms with Crippen molar-refractivity contribution in [3.8, 4) is 5.75 Å². The highest BCUT2D eigenvalue weighted by Crippen LogP contribution is 2.33. The summed E-state index contributed by atoms with van der Waals surface area (Å²) in [7, 11) is 0. The van der Waals surface area contributed by atoms with E-state index in [1.165, 1.54) is 0 Å². The molecule has 0 saturated carbocycles. The van der Waals surface area contributed by atoms with Crippen LogP contribution >= 0.6 is 67.8 Å². The maximum Gasteiger partial charge on any atom is 0.311 e. The Morgan fingerprint density at radius 3 is 2.03 bits per heavy atom. The first kappa shape index (κ1) is 28.3. The number of carbonyl (C=O) groups excluding carboxylic acids is 2. The van der Waals surface area contributed by atoms with Crippen LogP contribution in [0.4, 0.5) is 0 Å². The van der Waals surface area contributed by atoms with Crippen molar-refractivity contribution >= 4 is 79.7 Å². The van der Waals surface area contributed by atoms with Crippen LogP contribution in [0.25, 0.3) is 0 Å². The van der Waals surface area contributed by atoms with Crippen LogP contribution in [0.2, 0.25) is 0 Å². The quantitative estimate of drug-likeness (QED) is 0.189. The lowest BCUT2D eigenvalue weighted by molar-refractivity contribution is -0.161. The second kappa shape index (κ2) is 12.2. The predicted molar refractivity (Wildman–Crippen MR) is 145 cm³/mol. The van der Waals surface area contributed by atoms with Crippen molar-refractivity contribution in [2.45, 2.75) is 52.7 Å². The predicted octanol–water partition coefficient (Wildman–Crippen LogP) is 4.56. The van der Waals surface area contributed by atoms with E-state index in [0.717, 1.165) is 10.7 Å². The van der Waals surface area contributed by atoms with Crippen molar-refractivity contribution in [2.75, 3.05) is 26.4 Å². The van der Waals surface area contributed by atoms with E-state index in [2.05, 4.69) is 67.8 Å². The van der Waals surface area contributed by atoms with Crippen LogP contribution in [0.3, 0.4) is 0 Å². The maximum atomic E-state index is 12.6. The van der Waals surface area contributed by atoms with Gasteiger partial charge in [-0.3, -0.25) is 9.59 Å². The molecular weight excluding hydrogens is 757 g/mol. The van der Waals surface area contributed by atoms with E-state index in [-0.39, 0.29) is 31.9 Å². The van der Waals surface area contributed by atoms with Gasteiger partial charge in [0.05, 0.1) is 24.6 Å². The van der Waals surface area contributed by atoms with Gasteiger partial charge in [0.15, 0.2) is 0 Å². The molecule has 0 aliphatic carbocycles. The van der Waals surface area contributed by atoms with Gasteiger partial charge in [-0.2, -0.15) is 0 Å². The van der Waals surface area contributed by atoms with Crippen LogP contribution in [0, 0.1) is 21.5 Å². The van der Waals surface area contributed by atoms with Gasteiger partial charge in [-0.15, -0.1) is 0 Å². The van der Waals surface area contributed by atoms with Crippen molar-refractivity contribution < 1.29 is 33.6 Å². The molecule has 1 saturated heterocycles. The maximum absolute atomic E-state index is 12.6. The number of halogens is 3. The molecule has 0 aromatic heterocycles. The summed E-state index contributed by atoms with van der Waals surface area (Å²) in [6.45, 7) is 7.91. The van der Waals surface area contributed by atoms with Gasteiger partial charge in [0, 0.05) is 3.57 Å². The summed E-state index contributed by atoms with van der Waals surface area (Å²) in [5, 5.41) is 10.2. The second-order valence-electron chi connectivity index (χ2n) is 9.08. The van der Waals surface area contributed by atoms with Crippen molar-refractivity contribution in [1.29, 1.82) is 0 Å². The molecule has 180 valence electrons. The molecule has 1 heterocycles. The molecule has 32 heavy (non-hydrogen) atoms. The van der Waals surface area contributed by atoms with Crippen LogP contribution in [0.1, 0.15) is 40.5 Å². The molecule has 0 bridgehead atoms. The van der Waals surface area contributed by atoms with Crippen LogP contribution in [-0.2, 0) is 23.8 Å². The smallest absolute Gasteiger partial charge is 0.311 e. The van der Waals surface area contributed by atoms with Gasteiger partial charge in [0.25, 0.3) is 0 Å². The van der Waals surface area contributed by atoms with Gasteiger partial charge in [0.2, 0.25) is 0 Å². The molecule has 1 aliphatic heterocycles. The minimum atomic E-state index is -0.948. The third-order valence-corrected chi connectivity index (χ3v) is 7.30. The topological polar surface area (TPSA) is 94.6 Å². The lowest BCUT2D eigenvalue weighted by atomic mass is 9.79. The molecule has 0 radical (unpaired) electrons. The molecule has 10 heteroatoms. The largest absolute Gasteiger partial charge is 0.489 e. The normalized spacial score (nSPS) is 16.9. The molecule has 2 rings (SSSR count). The molecule has 7 nitrogen and oxygen atoms in total. The molecule has 1 aliphatic rings. The van der Waals surface area contributed by atoms with E-state index >= 15 is 0 Å². The number of hydrogen-bond acceptors (Lipinski definition) is 7. The molecule has 1 aromatic rings. The Morgan fingerprint density at radius 1 is 1.03 bits per heavy atom. The Hall–Kier alpha value is 0.0700. The fraction of sp³-hybridized carbons (Fsp3) is 0.636. The van der Waals surface area contributed by atoms with E-state index in [0.29, 0.717) is 25.2 Å². The molecule has 2 unspecified atom stereocenters. The number of carbonyl (C=O) groups is 2. The van der Waals surface area contributed by atoms with Crippen molar-refractivity contribution in [2.24, 2.45) is 10.8 Å². The second-order valence-corrected chi connectivity index (χ2v) is 12.7. The van der Waals surface area contributed by atoms with Crippen molar-refractivity contribution in [3.05, 3.63) is 22.8 Å². The number of hydrogen-bond donors (Lipinski definition) is 1. The van der Waals surface area contributed by atoms with Gasteiger partial charge >= 0.3 is 11.9 Å². The Balaban J connectivity index is 1.77. The Labute approximate surface area is 230 Å². The molecule has 1 fully saturated rings. The first-order chi connectivity index (χ1) is 14.8. The summed E-state index contributed by atoms with van der Waals surface area (Å²) < 4.78 is 24.4. The first-order valence-electron chi connectivity index (χ1n) is 10.2. The number of epoxide rings is 1. The van der Waals surface area contributed by atoms with E-state index in [4.69, 9.17) is 18.9 Å². The van der Waals surface area contributed by atoms with Crippen LogP contribution in [-0.4, -0.2) is 55.7 Å². The zero-order valence-electron chi connectivity index (χ0n) is 18.6. The van der Waals surface area contributed by atoms with E-state index in [9.17, 15) is 14.7 Å². The number of ether oxygens (including phenoxy) is 4. The SMILES string of the molecule is CC(C)(CCC(C)(C)C(=O)OCC1CO1)C(=O)OCC(O)COc1c(I)cc(I)cc1I. The molecular formula is C22H29I3O7. The lowest BCUT2D eigenvalue weighted by Gasteiger charge is -2.28. The highest BCUT2D eigenvalue weighted by molar-refractivity contribution is 14.1. The summed E-state index contributed by atoms with van der Waals surface area (Å²) >= 11 is 6.62. The van der Waals surface area contributed by atoms with Gasteiger partial charge in [0.1, 0.15) is 37.8 Å². The van der Waals surface area contributed by atoms with Gasteiger partial charge < -0.3 is 24.1 Å². The fourth-order valence-electron chi connectivity index (χ4n) is 2.62. The first-order valence-corrected chi connectivity index (χ1v) is 13.5. The van der Waals surface area contributed by atoms with Crippen LogP contribution < -0.4 is 4.74 Å². The zero-order chi connectivity index (χ0) is 24.1. The highest BCUT2D eigenvalue weighted by atomic mass is 127. The Bertz CT molecular complexity index is 799. The molecule has 2 atom stereocenters. The monoisotopic (exact) mass is 786 g/mol. The van der Waals surface area contributed by atoms with Gasteiger partial charge in [-0.05, 0) is 120 Å². The number of benzene rings is 1. The third kappa shape index (κ3) is 9.02. The van der Waals surface area contributed by atoms with Crippen LogP contribution in [0.15, 0.2) is 12.1 Å². The standard InChI is InChI=1S/C22H29I3O7/c1-21(2,5-6-22(3,4)20(28)32-12-15-11-29-15)19(27)31-10-14(26)9-30-18-16(24)7-13(23)8-17(18)25/h7-8,14-15,26H,5-6,9-12H2,1-4H3. The van der Waals surface area contributed by atoms with Crippen molar-refractivity contribution in [1.82, 2.24) is 0 Å². The molecule has 0 amide bonds. The third-order valence-electron chi connectivity index (χ3n) is 5.07. The number of aliphatic hydroxyl groups is 1. The van der Waals surface area contributed by atoms with Crippen molar-refractivity contribution in [3.63, 3.8) is 0 Å². The fourth-order valence-corrected chi connectivity index (χ4v) is 6.51. The summed E-state index contributed by atoms with van der Waals surface area (Å²) in [5.74, 6) is -0.0187. The van der Waals surface area contributed by atoms with Gasteiger partial charge in [-0.1, -0.05) is 0 Å². The van der Waals surface area contributed by atoms with Gasteiger partial charge in [-0.25, -0.2) is 0 Å². The number of rotatable bonds is 12. The molecule has 1 aromatic carbocycles. The average Bonchev–Trinajstić information content (AvgIpc) is 3.52. The number of aliphatic hydroxyl groups excluding tert-OH is 1. The van der Waals surface area contributed by atoms with E-state index in [1.54, 1.807) is 27.7 Å². The summed E-state index contributed by atoms with van der Waals surface area (Å²) in [6, 6.07) is 3.98. The van der Waals surface area contributed by atoms with E-state index in [1.807, 2.05) is 12.1 Å². The number of esters is 2. The summed E-state index contributed by atoms with van der Waals surface area (Å²) in [5.41, 5.74) is -1.53. The van der Waals surface area contributed by atoms with Crippen LogP contribution in [0.5, 0.6) is 5.75 Å². The Kier molecular flexibility index (Phi) is 10.8. The van der Waals surface area contributed by atoms with E-state index < -0.39 is 22.9 Å². The minimum absolute atomic E-state index is 0.0177. The highest BCUT2D eigenvalue weighted by Gasteiger charge is 2.37. The molecule has 0 spiro atoms.